The van der Waals surface area contributed by atoms with Crippen LogP contribution in [0.2, 0.25) is 0 Å². The molecule has 0 heterocycles. The molecule has 2 N–H and O–H groups in total. The molecule has 1 atom stereocenters. The molecule has 0 rings (SSSR count). The van der Waals surface area contributed by atoms with Crippen LogP contribution in [0.1, 0.15) is 13.3 Å². The maximum Gasteiger partial charge on any atom is 0.0700 e. The van der Waals surface area contributed by atoms with Gasteiger partial charge in [0, 0.05) is 20.3 Å². The van der Waals surface area contributed by atoms with Gasteiger partial charge in [-0.2, -0.15) is 0 Å². The average Bonchev–Trinajstić information content (AvgIpc) is 2.14. The summed E-state index contributed by atoms with van der Waals surface area (Å²) in [6.07, 6.45) is 1.13. The Kier molecular flexibility index (Phi) is 9.80. The minimum Gasteiger partial charge on any atom is -0.382 e. The van der Waals surface area contributed by atoms with Crippen LogP contribution in [0.5, 0.6) is 0 Å². The molecule has 0 aliphatic rings. The first-order valence-corrected chi connectivity index (χ1v) is 4.69. The Morgan fingerprint density at radius 2 is 1.92 bits per heavy atom. The molecule has 0 aliphatic carbocycles. The van der Waals surface area contributed by atoms with Gasteiger partial charge in [0.2, 0.25) is 0 Å². The van der Waals surface area contributed by atoms with Crippen molar-refractivity contribution in [2.75, 3.05) is 40.1 Å². The first kappa shape index (κ1) is 12.8. The molecule has 0 saturated carbocycles. The third kappa shape index (κ3) is 9.76. The van der Waals surface area contributed by atoms with Crippen LogP contribution in [0, 0.1) is 0 Å². The maximum absolute atomic E-state index is 5.36. The molecule has 0 spiro atoms. The molecule has 0 amide bonds. The Morgan fingerprint density at radius 1 is 1.15 bits per heavy atom. The van der Waals surface area contributed by atoms with Gasteiger partial charge in [-0.25, -0.2) is 0 Å². The van der Waals surface area contributed by atoms with E-state index >= 15 is 0 Å². The maximum atomic E-state index is 5.36. The van der Waals surface area contributed by atoms with E-state index in [4.69, 9.17) is 19.9 Å². The second kappa shape index (κ2) is 9.92. The Bertz CT molecular complexity index is 101. The minimum absolute atomic E-state index is 0.228. The van der Waals surface area contributed by atoms with E-state index in [1.165, 1.54) is 0 Å². The van der Waals surface area contributed by atoms with Crippen LogP contribution in [-0.2, 0) is 14.2 Å². The molecular formula is C9H21NO3. The lowest BCUT2D eigenvalue weighted by molar-refractivity contribution is 0.0223. The molecule has 0 aliphatic heterocycles. The molecule has 0 saturated heterocycles. The molecule has 80 valence electrons. The topological polar surface area (TPSA) is 53.7 Å². The molecule has 0 radical (unpaired) electrons. The van der Waals surface area contributed by atoms with Crippen LogP contribution in [0.15, 0.2) is 0 Å². The quantitative estimate of drug-likeness (QED) is 0.536. The first-order chi connectivity index (χ1) is 6.31. The molecule has 1 unspecified atom stereocenters. The lowest BCUT2D eigenvalue weighted by Gasteiger charge is -2.12. The molecule has 0 fully saturated rings. The highest BCUT2D eigenvalue weighted by Crippen LogP contribution is 1.96. The highest BCUT2D eigenvalue weighted by Gasteiger charge is 2.00. The van der Waals surface area contributed by atoms with Crippen molar-refractivity contribution in [2.24, 2.45) is 5.73 Å². The molecule has 0 aromatic rings. The summed E-state index contributed by atoms with van der Waals surface area (Å²) in [5, 5.41) is 0. The summed E-state index contributed by atoms with van der Waals surface area (Å²) in [7, 11) is 1.66. The van der Waals surface area contributed by atoms with Gasteiger partial charge in [-0.15, -0.1) is 0 Å². The highest BCUT2D eigenvalue weighted by molar-refractivity contribution is 4.49. The molecule has 4 nitrogen and oxygen atoms in total. The molecule has 0 aromatic heterocycles. The fourth-order valence-corrected chi connectivity index (χ4v) is 0.846. The van der Waals surface area contributed by atoms with E-state index in [1.54, 1.807) is 7.11 Å². The first-order valence-electron chi connectivity index (χ1n) is 4.69. The van der Waals surface area contributed by atoms with Crippen molar-refractivity contribution in [1.82, 2.24) is 0 Å². The number of nitrogens with two attached hydrogens (primary N) is 1. The normalized spacial score (nSPS) is 13.2. The van der Waals surface area contributed by atoms with Crippen LogP contribution >= 0.6 is 0 Å². The van der Waals surface area contributed by atoms with E-state index < -0.39 is 0 Å². The minimum atomic E-state index is 0.228. The van der Waals surface area contributed by atoms with Crippen LogP contribution in [-0.4, -0.2) is 46.2 Å². The van der Waals surface area contributed by atoms with E-state index in [2.05, 4.69) is 0 Å². The Morgan fingerprint density at radius 3 is 2.54 bits per heavy atom. The lowest BCUT2D eigenvalue weighted by atomic mass is 10.3. The number of ether oxygens (including phenoxy) is 3. The smallest absolute Gasteiger partial charge is 0.0700 e. The Hall–Kier alpha value is -0.160. The van der Waals surface area contributed by atoms with Gasteiger partial charge in [0.1, 0.15) is 0 Å². The summed E-state index contributed by atoms with van der Waals surface area (Å²) >= 11 is 0. The predicted molar refractivity (Wildman–Crippen MR) is 51.8 cm³/mol. The Labute approximate surface area is 80.3 Å². The number of rotatable bonds is 9. The van der Waals surface area contributed by atoms with Gasteiger partial charge in [0.15, 0.2) is 0 Å². The van der Waals surface area contributed by atoms with E-state index in [1.807, 2.05) is 6.92 Å². The van der Waals surface area contributed by atoms with E-state index in [9.17, 15) is 0 Å². The van der Waals surface area contributed by atoms with Gasteiger partial charge in [-0.3, -0.25) is 0 Å². The summed E-state index contributed by atoms with van der Waals surface area (Å²) in [6, 6.07) is 0. The fourth-order valence-electron chi connectivity index (χ4n) is 0.846. The van der Waals surface area contributed by atoms with Crippen molar-refractivity contribution in [3.63, 3.8) is 0 Å². The third-order valence-corrected chi connectivity index (χ3v) is 1.62. The lowest BCUT2D eigenvalue weighted by Crippen LogP contribution is -2.17. The Balaban J connectivity index is 3.03. The van der Waals surface area contributed by atoms with Crippen LogP contribution < -0.4 is 5.73 Å². The van der Waals surface area contributed by atoms with Crippen molar-refractivity contribution in [3.05, 3.63) is 0 Å². The van der Waals surface area contributed by atoms with Crippen LogP contribution in [0.4, 0.5) is 0 Å². The second-order valence-corrected chi connectivity index (χ2v) is 2.86. The van der Waals surface area contributed by atoms with Crippen LogP contribution in [0.25, 0.3) is 0 Å². The largest absolute Gasteiger partial charge is 0.382 e. The highest BCUT2D eigenvalue weighted by atomic mass is 16.5. The van der Waals surface area contributed by atoms with E-state index in [0.717, 1.165) is 13.0 Å². The fraction of sp³-hybridized carbons (Fsp3) is 1.00. The summed E-state index contributed by atoms with van der Waals surface area (Å²) < 4.78 is 15.5. The number of hydrogen-bond acceptors (Lipinski definition) is 4. The van der Waals surface area contributed by atoms with E-state index in [-0.39, 0.29) is 6.10 Å². The van der Waals surface area contributed by atoms with Crippen LogP contribution in [0.3, 0.4) is 0 Å². The zero-order chi connectivity index (χ0) is 9.94. The molecular weight excluding hydrogens is 170 g/mol. The summed E-state index contributed by atoms with van der Waals surface area (Å²) in [5.41, 5.74) is 5.30. The van der Waals surface area contributed by atoms with E-state index in [0.29, 0.717) is 26.4 Å². The zero-order valence-corrected chi connectivity index (χ0v) is 8.62. The van der Waals surface area contributed by atoms with Gasteiger partial charge < -0.3 is 19.9 Å². The van der Waals surface area contributed by atoms with Crippen molar-refractivity contribution < 1.29 is 14.2 Å². The van der Waals surface area contributed by atoms with Gasteiger partial charge in [0.05, 0.1) is 25.9 Å². The zero-order valence-electron chi connectivity index (χ0n) is 8.62. The monoisotopic (exact) mass is 191 g/mol. The van der Waals surface area contributed by atoms with Gasteiger partial charge in [0.25, 0.3) is 0 Å². The standard InChI is InChI=1S/C9H21NO3/c1-9(13-6-4-10)3-5-12-8-7-11-2/h9H,3-8,10H2,1-2H3. The molecule has 4 heteroatoms. The summed E-state index contributed by atoms with van der Waals surface area (Å²) in [5.74, 6) is 0. The number of methoxy groups -OCH3 is 1. The number of hydrogen-bond donors (Lipinski definition) is 1. The third-order valence-electron chi connectivity index (χ3n) is 1.62. The van der Waals surface area contributed by atoms with Crippen molar-refractivity contribution in [1.29, 1.82) is 0 Å². The SMILES string of the molecule is COCCOCCC(C)OCCN. The predicted octanol–water partition coefficient (Wildman–Crippen LogP) is 0.403. The van der Waals surface area contributed by atoms with Gasteiger partial charge in [-0.05, 0) is 13.3 Å². The average molecular weight is 191 g/mol. The van der Waals surface area contributed by atoms with Gasteiger partial charge in [-0.1, -0.05) is 0 Å². The van der Waals surface area contributed by atoms with Crippen molar-refractivity contribution in [2.45, 2.75) is 19.4 Å². The van der Waals surface area contributed by atoms with Crippen molar-refractivity contribution in [3.8, 4) is 0 Å². The summed E-state index contributed by atoms with van der Waals surface area (Å²) in [6.45, 7) is 5.25. The van der Waals surface area contributed by atoms with Crippen molar-refractivity contribution >= 4 is 0 Å². The summed E-state index contributed by atoms with van der Waals surface area (Å²) in [4.78, 5) is 0. The molecule has 0 bridgehead atoms. The molecule has 13 heavy (non-hydrogen) atoms. The molecule has 0 aromatic carbocycles. The second-order valence-electron chi connectivity index (χ2n) is 2.86. The van der Waals surface area contributed by atoms with Gasteiger partial charge >= 0.3 is 0 Å².